The van der Waals surface area contributed by atoms with E-state index >= 15 is 0 Å². The first-order valence-electron chi connectivity index (χ1n) is 7.78. The molecule has 4 N–H and O–H groups in total. The number of aromatic amines is 1. The number of nitrogens with one attached hydrogen (secondary N) is 1. The Morgan fingerprint density at radius 1 is 1.25 bits per heavy atom. The largest absolute Gasteiger partial charge is 0.391 e. The van der Waals surface area contributed by atoms with Gasteiger partial charge in [-0.25, -0.2) is 9.97 Å². The Morgan fingerprint density at radius 2 is 2.04 bits per heavy atom. The molecule has 1 aliphatic heterocycles. The van der Waals surface area contributed by atoms with Crippen molar-refractivity contribution in [3.8, 4) is 11.4 Å². The third-order valence-electron chi connectivity index (χ3n) is 4.31. The number of aliphatic hydroxyl groups excluding tert-OH is 1. The van der Waals surface area contributed by atoms with Crippen LogP contribution in [0.2, 0.25) is 0 Å². The zero-order valence-corrected chi connectivity index (χ0v) is 12.9. The van der Waals surface area contributed by atoms with E-state index in [2.05, 4.69) is 15.0 Å². The van der Waals surface area contributed by atoms with Crippen molar-refractivity contribution in [2.24, 2.45) is 5.73 Å². The van der Waals surface area contributed by atoms with E-state index in [0.29, 0.717) is 30.3 Å². The maximum atomic E-state index is 11.8. The number of carbonyl (C=O) groups is 1. The van der Waals surface area contributed by atoms with Gasteiger partial charge in [0, 0.05) is 24.7 Å². The number of primary amides is 1. The van der Waals surface area contributed by atoms with Crippen LogP contribution in [0.5, 0.6) is 0 Å². The number of aromatic nitrogens is 3. The van der Waals surface area contributed by atoms with Crippen LogP contribution in [0.3, 0.4) is 0 Å². The molecule has 7 heteroatoms. The van der Waals surface area contributed by atoms with E-state index in [1.807, 2.05) is 36.4 Å². The standard InChI is InChI=1S/C17H17N5O2/c18-14(24)13-8-11(23)9-22(13)17-12-6-7-19-16(12)20-15(21-17)10-4-2-1-3-5-10/h1-7,11,13,23H,8-9H2,(H2,18,24)(H,19,20,21)/t11-,13-/m0/s1. The summed E-state index contributed by atoms with van der Waals surface area (Å²) < 4.78 is 0. The smallest absolute Gasteiger partial charge is 0.240 e. The van der Waals surface area contributed by atoms with Gasteiger partial charge in [-0.2, -0.15) is 0 Å². The van der Waals surface area contributed by atoms with Gasteiger partial charge in [-0.1, -0.05) is 30.3 Å². The molecule has 0 saturated carbocycles. The van der Waals surface area contributed by atoms with E-state index in [0.717, 1.165) is 10.9 Å². The van der Waals surface area contributed by atoms with Crippen molar-refractivity contribution in [1.29, 1.82) is 0 Å². The Kier molecular flexibility index (Phi) is 3.42. The molecule has 2 aromatic heterocycles. The Labute approximate surface area is 138 Å². The summed E-state index contributed by atoms with van der Waals surface area (Å²) in [6.07, 6.45) is 1.49. The summed E-state index contributed by atoms with van der Waals surface area (Å²) in [7, 11) is 0. The van der Waals surface area contributed by atoms with Crippen molar-refractivity contribution in [2.75, 3.05) is 11.4 Å². The molecular formula is C17H17N5O2. The minimum Gasteiger partial charge on any atom is -0.391 e. The van der Waals surface area contributed by atoms with E-state index in [1.54, 1.807) is 11.1 Å². The van der Waals surface area contributed by atoms with Crippen LogP contribution in [0.1, 0.15) is 6.42 Å². The summed E-state index contributed by atoms with van der Waals surface area (Å²) in [6, 6.07) is 10.9. The molecule has 2 atom stereocenters. The molecule has 1 aliphatic rings. The zero-order valence-electron chi connectivity index (χ0n) is 12.9. The molecule has 24 heavy (non-hydrogen) atoms. The van der Waals surface area contributed by atoms with Gasteiger partial charge in [-0.15, -0.1) is 0 Å². The number of aliphatic hydroxyl groups is 1. The van der Waals surface area contributed by atoms with Gasteiger partial charge in [-0.3, -0.25) is 4.79 Å². The molecule has 4 rings (SSSR count). The molecule has 0 spiro atoms. The lowest BCUT2D eigenvalue weighted by atomic mass is 10.2. The lowest BCUT2D eigenvalue weighted by Crippen LogP contribution is -2.40. The number of amides is 1. The van der Waals surface area contributed by atoms with E-state index < -0.39 is 18.1 Å². The zero-order chi connectivity index (χ0) is 16.7. The number of hydrogen-bond donors (Lipinski definition) is 3. The second-order valence-electron chi connectivity index (χ2n) is 5.94. The number of nitrogens with zero attached hydrogens (tertiary/aromatic N) is 3. The van der Waals surface area contributed by atoms with Crippen LogP contribution in [-0.2, 0) is 4.79 Å². The second kappa shape index (κ2) is 5.61. The van der Waals surface area contributed by atoms with Gasteiger partial charge >= 0.3 is 0 Å². The Morgan fingerprint density at radius 3 is 2.79 bits per heavy atom. The highest BCUT2D eigenvalue weighted by Gasteiger charge is 2.36. The third-order valence-corrected chi connectivity index (χ3v) is 4.31. The maximum Gasteiger partial charge on any atom is 0.240 e. The van der Waals surface area contributed by atoms with Crippen molar-refractivity contribution < 1.29 is 9.90 Å². The van der Waals surface area contributed by atoms with E-state index in [9.17, 15) is 9.90 Å². The summed E-state index contributed by atoms with van der Waals surface area (Å²) in [6.45, 7) is 0.319. The minimum atomic E-state index is -0.605. The van der Waals surface area contributed by atoms with Crippen LogP contribution >= 0.6 is 0 Å². The van der Waals surface area contributed by atoms with Crippen molar-refractivity contribution in [2.45, 2.75) is 18.6 Å². The number of nitrogens with two attached hydrogens (primary N) is 1. The summed E-state index contributed by atoms with van der Waals surface area (Å²) in [4.78, 5) is 25.9. The number of rotatable bonds is 3. The predicted molar refractivity (Wildman–Crippen MR) is 90.3 cm³/mol. The Hall–Kier alpha value is -2.93. The summed E-state index contributed by atoms with van der Waals surface area (Å²) in [5, 5.41) is 10.8. The van der Waals surface area contributed by atoms with Crippen LogP contribution in [0, 0.1) is 0 Å². The average Bonchev–Trinajstić information content (AvgIpc) is 3.21. The molecule has 3 aromatic rings. The molecule has 1 aromatic carbocycles. The van der Waals surface area contributed by atoms with Crippen molar-refractivity contribution >= 4 is 22.8 Å². The number of anilines is 1. The second-order valence-corrected chi connectivity index (χ2v) is 5.94. The molecule has 3 heterocycles. The van der Waals surface area contributed by atoms with E-state index in [-0.39, 0.29) is 0 Å². The van der Waals surface area contributed by atoms with Crippen LogP contribution in [0.25, 0.3) is 22.4 Å². The van der Waals surface area contributed by atoms with Crippen LogP contribution < -0.4 is 10.6 Å². The molecular weight excluding hydrogens is 306 g/mol. The Balaban J connectivity index is 1.88. The average molecular weight is 323 g/mol. The van der Waals surface area contributed by atoms with Gasteiger partial charge in [0.1, 0.15) is 17.5 Å². The number of carbonyl (C=O) groups excluding carboxylic acids is 1. The molecule has 1 saturated heterocycles. The fourth-order valence-corrected chi connectivity index (χ4v) is 3.18. The molecule has 0 radical (unpaired) electrons. The van der Waals surface area contributed by atoms with Crippen LogP contribution in [-0.4, -0.2) is 44.7 Å². The number of fused-ring (bicyclic) bond motifs is 1. The molecule has 122 valence electrons. The van der Waals surface area contributed by atoms with Crippen molar-refractivity contribution in [3.05, 3.63) is 42.6 Å². The molecule has 0 aliphatic carbocycles. The molecule has 1 amide bonds. The molecule has 7 nitrogen and oxygen atoms in total. The highest BCUT2D eigenvalue weighted by Crippen LogP contribution is 2.31. The fourth-order valence-electron chi connectivity index (χ4n) is 3.18. The van der Waals surface area contributed by atoms with E-state index in [4.69, 9.17) is 5.73 Å². The SMILES string of the molecule is NC(=O)[C@@H]1C[C@H](O)CN1c1nc(-c2ccccc2)nc2[nH]ccc12. The summed E-state index contributed by atoms with van der Waals surface area (Å²) in [5.41, 5.74) is 7.08. The summed E-state index contributed by atoms with van der Waals surface area (Å²) >= 11 is 0. The highest BCUT2D eigenvalue weighted by molar-refractivity contribution is 5.93. The van der Waals surface area contributed by atoms with Gasteiger partial charge < -0.3 is 20.7 Å². The molecule has 1 fully saturated rings. The predicted octanol–water partition coefficient (Wildman–Crippen LogP) is 1.05. The first-order chi connectivity index (χ1) is 11.6. The van der Waals surface area contributed by atoms with Gasteiger partial charge in [0.15, 0.2) is 5.82 Å². The lowest BCUT2D eigenvalue weighted by Gasteiger charge is -2.24. The number of β-amino-alcohol motifs (C(OH)–C–C–N with tert-alkyl or cyclic N) is 1. The van der Waals surface area contributed by atoms with Crippen LogP contribution in [0.4, 0.5) is 5.82 Å². The van der Waals surface area contributed by atoms with Gasteiger partial charge in [-0.05, 0) is 6.07 Å². The maximum absolute atomic E-state index is 11.8. The number of benzene rings is 1. The van der Waals surface area contributed by atoms with E-state index in [1.165, 1.54) is 0 Å². The molecule has 0 unspecified atom stereocenters. The van der Waals surface area contributed by atoms with Gasteiger partial charge in [0.05, 0.1) is 11.5 Å². The monoisotopic (exact) mass is 323 g/mol. The summed E-state index contributed by atoms with van der Waals surface area (Å²) in [5.74, 6) is 0.709. The number of H-pyrrole nitrogens is 1. The lowest BCUT2D eigenvalue weighted by molar-refractivity contribution is -0.119. The quantitative estimate of drug-likeness (QED) is 0.667. The first-order valence-corrected chi connectivity index (χ1v) is 7.78. The third kappa shape index (κ3) is 2.39. The van der Waals surface area contributed by atoms with Gasteiger partial charge in [0.25, 0.3) is 0 Å². The van der Waals surface area contributed by atoms with Crippen LogP contribution in [0.15, 0.2) is 42.6 Å². The number of hydrogen-bond acceptors (Lipinski definition) is 5. The normalized spacial score (nSPS) is 20.6. The first kappa shape index (κ1) is 14.6. The van der Waals surface area contributed by atoms with Crippen molar-refractivity contribution in [3.63, 3.8) is 0 Å². The molecule has 0 bridgehead atoms. The highest BCUT2D eigenvalue weighted by atomic mass is 16.3. The Bertz CT molecular complexity index is 892. The fraction of sp³-hybridized carbons (Fsp3) is 0.235. The van der Waals surface area contributed by atoms with Crippen molar-refractivity contribution in [1.82, 2.24) is 15.0 Å². The topological polar surface area (TPSA) is 108 Å². The van der Waals surface area contributed by atoms with Gasteiger partial charge in [0.2, 0.25) is 5.91 Å². The minimum absolute atomic E-state index is 0.311.